The van der Waals surface area contributed by atoms with Gasteiger partial charge in [-0.15, -0.1) is 0 Å². The zero-order valence-electron chi connectivity index (χ0n) is 14.6. The second kappa shape index (κ2) is 5.55. The number of aliphatic imine (C=N–C) groups is 1. The van der Waals surface area contributed by atoms with Gasteiger partial charge in [-0.3, -0.25) is 4.99 Å². The van der Waals surface area contributed by atoms with Gasteiger partial charge in [-0.25, -0.2) is 12.4 Å². The maximum absolute atomic E-state index is 13.5. The quantitative estimate of drug-likeness (QED) is 0.691. The van der Waals surface area contributed by atoms with Crippen LogP contribution in [-0.2, 0) is 16.4 Å². The van der Waals surface area contributed by atoms with Crippen LogP contribution in [0.4, 0.5) is 0 Å². The van der Waals surface area contributed by atoms with Crippen LogP contribution in [0.3, 0.4) is 0 Å². The third-order valence-electron chi connectivity index (χ3n) is 5.62. The molecule has 2 aromatic carbocycles. The third-order valence-corrected chi connectivity index (χ3v) is 7.38. The molecule has 1 unspecified atom stereocenters. The number of aryl methyl sites for hydroxylation is 1. The van der Waals surface area contributed by atoms with Gasteiger partial charge in [0.05, 0.1) is 10.4 Å². The summed E-state index contributed by atoms with van der Waals surface area (Å²) in [5, 5.41) is 1.00. The lowest BCUT2D eigenvalue weighted by Crippen LogP contribution is -2.23. The average Bonchev–Trinajstić information content (AvgIpc) is 3.23. The summed E-state index contributed by atoms with van der Waals surface area (Å²) in [5.74, 6) is 0.476. The Balaban J connectivity index is 1.83. The largest absolute Gasteiger partial charge is 0.289 e. The number of benzene rings is 2. The van der Waals surface area contributed by atoms with Crippen molar-refractivity contribution < 1.29 is 8.42 Å². The Labute approximate surface area is 153 Å². The monoisotopic (exact) mass is 364 g/mol. The van der Waals surface area contributed by atoms with Crippen LogP contribution in [0.2, 0.25) is 0 Å². The minimum absolute atomic E-state index is 0.335. The van der Waals surface area contributed by atoms with E-state index in [1.54, 1.807) is 16.1 Å². The third kappa shape index (κ3) is 2.13. The zero-order chi connectivity index (χ0) is 17.9. The molecule has 2 heterocycles. The number of hydrogen-bond donors (Lipinski definition) is 0. The summed E-state index contributed by atoms with van der Waals surface area (Å²) < 4.78 is 28.6. The Morgan fingerprint density at radius 2 is 1.81 bits per heavy atom. The van der Waals surface area contributed by atoms with E-state index < -0.39 is 10.0 Å². The molecule has 0 spiro atoms. The van der Waals surface area contributed by atoms with Crippen molar-refractivity contribution in [2.75, 3.05) is 6.54 Å². The first-order chi connectivity index (χ1) is 12.6. The predicted octanol–water partition coefficient (Wildman–Crippen LogP) is 3.94. The SMILES string of the molecule is Cc1ccc(S(=O)(=O)n2c3c(c4ccccc42)C2=NCCC2CC3)cc1. The highest BCUT2D eigenvalue weighted by molar-refractivity contribution is 7.90. The van der Waals surface area contributed by atoms with Gasteiger partial charge in [-0.2, -0.15) is 0 Å². The highest BCUT2D eigenvalue weighted by Crippen LogP contribution is 2.39. The van der Waals surface area contributed by atoms with Crippen molar-refractivity contribution in [3.8, 4) is 0 Å². The van der Waals surface area contributed by atoms with Gasteiger partial charge in [0.15, 0.2) is 0 Å². The first-order valence-corrected chi connectivity index (χ1v) is 10.5. The normalized spacial score (nSPS) is 19.3. The summed E-state index contributed by atoms with van der Waals surface area (Å²) in [4.78, 5) is 5.07. The molecule has 3 aromatic rings. The standard InChI is InChI=1S/C21H20N2O2S/c1-14-6-9-16(10-7-14)26(24,25)23-18-5-3-2-4-17(18)20-19(23)11-8-15-12-13-22-21(15)20/h2-7,9-10,15H,8,11-13H2,1H3. The maximum atomic E-state index is 13.5. The van der Waals surface area contributed by atoms with Crippen LogP contribution in [-0.4, -0.2) is 24.6 Å². The molecule has 0 amide bonds. The summed E-state index contributed by atoms with van der Waals surface area (Å²) in [7, 11) is -3.65. The van der Waals surface area contributed by atoms with E-state index in [0.29, 0.717) is 10.8 Å². The molecule has 1 aliphatic heterocycles. The van der Waals surface area contributed by atoms with Crippen LogP contribution in [0.25, 0.3) is 10.9 Å². The van der Waals surface area contributed by atoms with Crippen molar-refractivity contribution in [3.05, 3.63) is 65.4 Å². The maximum Gasteiger partial charge on any atom is 0.268 e. The fourth-order valence-corrected chi connectivity index (χ4v) is 5.93. The summed E-state index contributed by atoms with van der Waals surface area (Å²) in [6, 6.07) is 14.9. The van der Waals surface area contributed by atoms with Crippen molar-refractivity contribution in [3.63, 3.8) is 0 Å². The van der Waals surface area contributed by atoms with E-state index in [4.69, 9.17) is 4.99 Å². The summed E-state index contributed by atoms with van der Waals surface area (Å²) in [6.45, 7) is 2.81. The van der Waals surface area contributed by atoms with Gasteiger partial charge >= 0.3 is 0 Å². The van der Waals surface area contributed by atoms with E-state index >= 15 is 0 Å². The van der Waals surface area contributed by atoms with Crippen molar-refractivity contribution >= 4 is 26.6 Å². The number of nitrogens with zero attached hydrogens (tertiary/aromatic N) is 2. The first-order valence-electron chi connectivity index (χ1n) is 9.06. The number of para-hydroxylation sites is 1. The first kappa shape index (κ1) is 15.8. The van der Waals surface area contributed by atoms with Gasteiger partial charge in [-0.1, -0.05) is 35.9 Å². The number of hydrogen-bond acceptors (Lipinski definition) is 3. The van der Waals surface area contributed by atoms with E-state index in [0.717, 1.165) is 59.2 Å². The number of fused-ring (bicyclic) bond motifs is 5. The van der Waals surface area contributed by atoms with E-state index in [1.165, 1.54) is 0 Å². The molecule has 2 aliphatic rings. The fraction of sp³-hybridized carbons (Fsp3) is 0.286. The van der Waals surface area contributed by atoms with Gasteiger partial charge in [0.25, 0.3) is 10.0 Å². The Morgan fingerprint density at radius 3 is 2.62 bits per heavy atom. The Kier molecular flexibility index (Phi) is 3.38. The van der Waals surface area contributed by atoms with Crippen LogP contribution < -0.4 is 0 Å². The molecule has 5 rings (SSSR count). The van der Waals surface area contributed by atoms with Crippen LogP contribution in [0.15, 0.2) is 58.4 Å². The second-order valence-corrected chi connectivity index (χ2v) is 9.00. The van der Waals surface area contributed by atoms with Crippen LogP contribution >= 0.6 is 0 Å². The van der Waals surface area contributed by atoms with Gasteiger partial charge in [-0.05, 0) is 44.4 Å². The van der Waals surface area contributed by atoms with Gasteiger partial charge in [0, 0.05) is 34.8 Å². The van der Waals surface area contributed by atoms with Crippen molar-refractivity contribution in [2.45, 2.75) is 31.1 Å². The Hall–Kier alpha value is -2.40. The molecule has 0 radical (unpaired) electrons. The molecule has 0 N–H and O–H groups in total. The minimum Gasteiger partial charge on any atom is -0.289 e. The smallest absolute Gasteiger partial charge is 0.268 e. The molecule has 26 heavy (non-hydrogen) atoms. The molecule has 4 nitrogen and oxygen atoms in total. The minimum atomic E-state index is -3.65. The summed E-state index contributed by atoms with van der Waals surface area (Å²) in [5.41, 5.74) is 4.87. The lowest BCUT2D eigenvalue weighted by molar-refractivity contribution is 0.575. The van der Waals surface area contributed by atoms with Crippen LogP contribution in [0.1, 0.15) is 29.7 Å². The summed E-state index contributed by atoms with van der Waals surface area (Å²) >= 11 is 0. The number of aromatic nitrogens is 1. The van der Waals surface area contributed by atoms with E-state index in [1.807, 2.05) is 43.3 Å². The second-order valence-electron chi connectivity index (χ2n) is 7.21. The molecular weight excluding hydrogens is 344 g/mol. The van der Waals surface area contributed by atoms with Gasteiger partial charge in [0.2, 0.25) is 0 Å². The predicted molar refractivity (Wildman–Crippen MR) is 104 cm³/mol. The van der Waals surface area contributed by atoms with E-state index in [9.17, 15) is 8.42 Å². The topological polar surface area (TPSA) is 51.4 Å². The van der Waals surface area contributed by atoms with Crippen molar-refractivity contribution in [2.24, 2.45) is 10.9 Å². The lowest BCUT2D eigenvalue weighted by atomic mass is 9.84. The molecule has 0 saturated carbocycles. The Morgan fingerprint density at radius 1 is 1.04 bits per heavy atom. The molecule has 1 aliphatic carbocycles. The highest BCUT2D eigenvalue weighted by Gasteiger charge is 2.36. The molecule has 132 valence electrons. The lowest BCUT2D eigenvalue weighted by Gasteiger charge is -2.22. The van der Waals surface area contributed by atoms with Crippen molar-refractivity contribution in [1.82, 2.24) is 3.97 Å². The molecule has 0 fully saturated rings. The summed E-state index contributed by atoms with van der Waals surface area (Å²) in [6.07, 6.45) is 2.84. The van der Waals surface area contributed by atoms with Crippen LogP contribution in [0.5, 0.6) is 0 Å². The molecular formula is C21H20N2O2S. The van der Waals surface area contributed by atoms with Crippen LogP contribution in [0, 0.1) is 12.8 Å². The zero-order valence-corrected chi connectivity index (χ0v) is 15.5. The highest BCUT2D eigenvalue weighted by atomic mass is 32.2. The number of rotatable bonds is 2. The molecule has 0 bridgehead atoms. The molecule has 1 aromatic heterocycles. The Bertz CT molecular complexity index is 1150. The van der Waals surface area contributed by atoms with Gasteiger partial charge in [0.1, 0.15) is 0 Å². The molecule has 5 heteroatoms. The fourth-order valence-electron chi connectivity index (χ4n) is 4.35. The van der Waals surface area contributed by atoms with Crippen molar-refractivity contribution in [1.29, 1.82) is 0 Å². The van der Waals surface area contributed by atoms with Gasteiger partial charge < -0.3 is 0 Å². The van der Waals surface area contributed by atoms with E-state index in [-0.39, 0.29) is 0 Å². The van der Waals surface area contributed by atoms with E-state index in [2.05, 4.69) is 0 Å². The average molecular weight is 364 g/mol. The molecule has 1 atom stereocenters. The molecule has 0 saturated heterocycles.